The maximum absolute atomic E-state index is 12.2. The van der Waals surface area contributed by atoms with Crippen LogP contribution >= 0.6 is 15.9 Å². The highest BCUT2D eigenvalue weighted by Crippen LogP contribution is 2.20. The fourth-order valence-corrected chi connectivity index (χ4v) is 13.5. The van der Waals surface area contributed by atoms with E-state index in [9.17, 15) is 9.59 Å². The Morgan fingerprint density at radius 3 is 1.01 bits per heavy atom. The number of hydrogen-bond acceptors (Lipinski definition) is 9. The second kappa shape index (κ2) is 71.7. The van der Waals surface area contributed by atoms with Crippen LogP contribution in [0.3, 0.4) is 0 Å². The predicted octanol–water partition coefficient (Wildman–Crippen LogP) is 5.51. The molecular formula is C86H160Br5N11O4. The molecule has 0 atom stereocenters. The van der Waals surface area contributed by atoms with Crippen LogP contribution in [0.5, 0.6) is 0 Å². The Morgan fingerprint density at radius 1 is 0.443 bits per heavy atom. The summed E-state index contributed by atoms with van der Waals surface area (Å²) in [6.45, 7) is 31.3. The van der Waals surface area contributed by atoms with Crippen LogP contribution in [0.4, 0.5) is 0 Å². The van der Waals surface area contributed by atoms with E-state index in [1.54, 1.807) is 13.8 Å². The van der Waals surface area contributed by atoms with Gasteiger partial charge in [-0.15, -0.1) is 0 Å². The summed E-state index contributed by atoms with van der Waals surface area (Å²) in [6, 6.07) is 26.8. The number of nitrogens with two attached hydrogens (primary N) is 3. The number of nitrogens with one attached hydrogen (secondary N) is 1. The van der Waals surface area contributed by atoms with Gasteiger partial charge in [0.15, 0.2) is 25.6 Å². The van der Waals surface area contributed by atoms with Gasteiger partial charge in [0.25, 0.3) is 0 Å². The number of ether oxygens (including phenoxy) is 2. The number of rotatable bonds is 53. The van der Waals surface area contributed by atoms with E-state index >= 15 is 0 Å². The van der Waals surface area contributed by atoms with Gasteiger partial charge in [0.1, 0.15) is 26.2 Å². The Labute approximate surface area is 702 Å². The van der Waals surface area contributed by atoms with E-state index in [4.69, 9.17) is 26.7 Å². The molecule has 0 saturated heterocycles. The molecule has 618 valence electrons. The lowest BCUT2D eigenvalue weighted by Gasteiger charge is -2.30. The topological polar surface area (TPSA) is 165 Å². The minimum absolute atomic E-state index is 0. The van der Waals surface area contributed by atoms with Gasteiger partial charge in [-0.2, -0.15) is 4.58 Å². The molecule has 5 rings (SSSR count). The van der Waals surface area contributed by atoms with Gasteiger partial charge in [-0.1, -0.05) is 264 Å². The van der Waals surface area contributed by atoms with Gasteiger partial charge in [0, 0.05) is 95.1 Å². The summed E-state index contributed by atoms with van der Waals surface area (Å²) >= 11 is 3.51. The second-order valence-electron chi connectivity index (χ2n) is 31.2. The summed E-state index contributed by atoms with van der Waals surface area (Å²) in [5, 5.41) is 4.21. The standard InChI is InChI=1S/C30H53N3O2.C28H53N4O.C22H39BrN.C4H7NO.C2H8N2.4BrH/c1-6-7-8-9-10-11-12-13-14-15-23-33(4,5)26-30-18-16-29(17-19-30)25-32(27(2)34)21-20-31-22-24-35-28(31)3;1-5-6-7-8-9-10-11-12-13-14-23-32(3,4)25-28-17-15-27(16-18-28)24-31(26(2)33)22-21-30-20-19-29;1-4-5-6-7-8-9-10-11-12-13-18-24(2,3)20-22-16-14-21(19-23)15-17-22;1-4-5-2-3-6-4;3-1-2-4;;;;/h16-19H,6-15,20-26H2,1-5H3;15-18,30H,5-14,19-25,29H2,1-4H3;14-17H,4-13,18-20H2,1-3H3;2-3H2,1H3;1-4H2;4*1H/q+2;2*+1;;;;;;/p-4. The molecule has 0 radical (unpaired) electrons. The van der Waals surface area contributed by atoms with Crippen LogP contribution in [-0.2, 0) is 57.1 Å². The molecular weight excluding hydrogens is 1650 g/mol. The van der Waals surface area contributed by atoms with E-state index in [1.807, 2.05) is 23.6 Å². The first-order valence-electron chi connectivity index (χ1n) is 41.0. The number of quaternary nitrogens is 3. The average Bonchev–Trinajstić information content (AvgIpc) is 0.966. The van der Waals surface area contributed by atoms with Gasteiger partial charge in [-0.25, -0.2) is 0 Å². The minimum atomic E-state index is 0. The number of carbonyl (C=O) groups excluding carboxylic acids is 2. The van der Waals surface area contributed by atoms with Crippen LogP contribution in [0.15, 0.2) is 77.8 Å². The molecule has 20 heteroatoms. The van der Waals surface area contributed by atoms with Crippen molar-refractivity contribution < 1.29 is 105 Å². The number of hydrogen-bond donors (Lipinski definition) is 4. The molecule has 2 aliphatic heterocycles. The first-order chi connectivity index (χ1) is 49.1. The highest BCUT2D eigenvalue weighted by atomic mass is 79.9. The summed E-state index contributed by atoms with van der Waals surface area (Å²) in [5.74, 6) is 2.04. The average molecular weight is 1810 g/mol. The van der Waals surface area contributed by atoms with Crippen molar-refractivity contribution in [1.82, 2.24) is 15.1 Å². The highest BCUT2D eigenvalue weighted by molar-refractivity contribution is 9.08. The van der Waals surface area contributed by atoms with Gasteiger partial charge >= 0.3 is 5.90 Å². The van der Waals surface area contributed by atoms with E-state index in [2.05, 4.69) is 167 Å². The molecule has 0 bridgehead atoms. The normalized spacial score (nSPS) is 12.3. The Balaban J connectivity index is -0.000000684. The first-order valence-corrected chi connectivity index (χ1v) is 42.1. The van der Waals surface area contributed by atoms with Crippen LogP contribution in [0, 0.1) is 0 Å². The third-order valence-corrected chi connectivity index (χ3v) is 20.2. The summed E-state index contributed by atoms with van der Waals surface area (Å²) < 4.78 is 15.8. The van der Waals surface area contributed by atoms with E-state index in [1.165, 1.54) is 246 Å². The molecule has 106 heavy (non-hydrogen) atoms. The summed E-state index contributed by atoms with van der Waals surface area (Å²) in [5.41, 5.74) is 23.3. The Kier molecular flexibility index (Phi) is 74.4. The highest BCUT2D eigenvalue weighted by Gasteiger charge is 2.23. The van der Waals surface area contributed by atoms with Crippen molar-refractivity contribution in [2.24, 2.45) is 22.2 Å². The van der Waals surface area contributed by atoms with Crippen molar-refractivity contribution in [2.45, 2.75) is 279 Å². The Morgan fingerprint density at radius 2 is 0.755 bits per heavy atom. The number of unbranched alkanes of at least 4 members (excludes halogenated alkanes) is 27. The summed E-state index contributed by atoms with van der Waals surface area (Å²) in [4.78, 5) is 31.9. The smallest absolute Gasteiger partial charge is 0.333 e. The van der Waals surface area contributed by atoms with Crippen molar-refractivity contribution in [3.63, 3.8) is 0 Å². The zero-order valence-corrected chi connectivity index (χ0v) is 77.8. The maximum atomic E-state index is 12.2. The van der Waals surface area contributed by atoms with Crippen molar-refractivity contribution in [3.8, 4) is 0 Å². The van der Waals surface area contributed by atoms with Crippen LogP contribution in [0.1, 0.15) is 274 Å². The molecule has 0 unspecified atom stereocenters. The molecule has 15 nitrogen and oxygen atoms in total. The number of benzene rings is 3. The summed E-state index contributed by atoms with van der Waals surface area (Å²) in [7, 11) is 14.1. The molecule has 0 spiro atoms. The molecule has 0 fully saturated rings. The van der Waals surface area contributed by atoms with E-state index in [0.29, 0.717) is 39.3 Å². The lowest BCUT2D eigenvalue weighted by atomic mass is 10.1. The SMILES string of the molecule is CC1=NCCO1.CCCCCCCCCCCC[N+](C)(C)Cc1ccc(CBr)cc1.CCCCCCCCCCCC[N+](C)(C)Cc1ccc(CN(CCNCCN)C(C)=O)cc1.CCCCCCCCCCCC[N+](C)(C)Cc1ccc(CN(CC[N+]2=C(C)OCC2)C(C)=O)cc1.NCCN.[Br-].[Br-].[Br-].[Br-]. The van der Waals surface area contributed by atoms with Crippen LogP contribution in [0.25, 0.3) is 0 Å². The van der Waals surface area contributed by atoms with Gasteiger partial charge in [-0.05, 0) is 55.2 Å². The third-order valence-electron chi connectivity index (χ3n) is 19.6. The van der Waals surface area contributed by atoms with Crippen LogP contribution in [0.2, 0.25) is 0 Å². The van der Waals surface area contributed by atoms with E-state index in [-0.39, 0.29) is 79.7 Å². The lowest BCUT2D eigenvalue weighted by Crippen LogP contribution is -3.00. The number of halogens is 5. The summed E-state index contributed by atoms with van der Waals surface area (Å²) in [6.07, 6.45) is 42.0. The number of carbonyl (C=O) groups is 2. The van der Waals surface area contributed by atoms with Crippen molar-refractivity contribution >= 4 is 39.5 Å². The number of amides is 2. The van der Waals surface area contributed by atoms with Crippen molar-refractivity contribution in [2.75, 3.05) is 141 Å². The minimum Gasteiger partial charge on any atom is -1.00 e. The van der Waals surface area contributed by atoms with Crippen molar-refractivity contribution in [3.05, 3.63) is 106 Å². The number of nitrogens with zero attached hydrogens (tertiary/aromatic N) is 7. The molecule has 2 amide bonds. The van der Waals surface area contributed by atoms with Crippen LogP contribution in [-0.4, -0.2) is 192 Å². The zero-order valence-electron chi connectivity index (χ0n) is 69.9. The van der Waals surface area contributed by atoms with E-state index < -0.39 is 0 Å². The largest absolute Gasteiger partial charge is 1.00 e. The zero-order chi connectivity index (χ0) is 75.4. The first kappa shape index (κ1) is 110. The monoisotopic (exact) mass is 1810 g/mol. The second-order valence-corrected chi connectivity index (χ2v) is 31.7. The molecule has 0 saturated carbocycles. The quantitative estimate of drug-likeness (QED) is 0.0249. The molecule has 7 N–H and O–H groups in total. The fraction of sp³-hybridized carbons (Fsp3) is 0.744. The van der Waals surface area contributed by atoms with Gasteiger partial charge in [0.2, 0.25) is 11.8 Å². The lowest BCUT2D eigenvalue weighted by molar-refractivity contribution is -0.903. The fourth-order valence-electron chi connectivity index (χ4n) is 13.1. The van der Waals surface area contributed by atoms with Gasteiger partial charge in [0.05, 0.1) is 81.9 Å². The van der Waals surface area contributed by atoms with Crippen LogP contribution < -0.4 is 90.4 Å². The number of alkyl halides is 1. The molecule has 3 aromatic carbocycles. The number of aliphatic imine (C=N–C) groups is 1. The molecule has 2 heterocycles. The maximum Gasteiger partial charge on any atom is 0.333 e. The Hall–Kier alpha value is -2.34. The third kappa shape index (κ3) is 62.2. The molecule has 2 aliphatic rings. The molecule has 0 aliphatic carbocycles. The van der Waals surface area contributed by atoms with Gasteiger partial charge < -0.3 is 123 Å². The van der Waals surface area contributed by atoms with Crippen molar-refractivity contribution in [1.29, 1.82) is 0 Å². The Bertz CT molecular complexity index is 2560. The molecule has 3 aromatic rings. The van der Waals surface area contributed by atoms with E-state index in [0.717, 1.165) is 103 Å². The molecule has 0 aromatic heterocycles. The predicted molar refractivity (Wildman–Crippen MR) is 442 cm³/mol. The van der Waals surface area contributed by atoms with Gasteiger partial charge in [-0.3, -0.25) is 14.6 Å².